The topological polar surface area (TPSA) is 78.3 Å². The van der Waals surface area contributed by atoms with Gasteiger partial charge in [-0.25, -0.2) is 0 Å². The number of carbonyl (C=O) groups excluding carboxylic acids is 3. The summed E-state index contributed by atoms with van der Waals surface area (Å²) >= 11 is 0. The van der Waals surface area contributed by atoms with Crippen LogP contribution in [0.25, 0.3) is 0 Å². The second-order valence-corrected chi connectivity index (χ2v) is 5.06. The molecule has 6 nitrogen and oxygen atoms in total. The van der Waals surface area contributed by atoms with Gasteiger partial charge in [-0.1, -0.05) is 0 Å². The molecule has 0 amide bonds. The zero-order valence-electron chi connectivity index (χ0n) is 11.4. The van der Waals surface area contributed by atoms with Gasteiger partial charge in [-0.05, 0) is 25.8 Å². The Balaban J connectivity index is 2.18. The summed E-state index contributed by atoms with van der Waals surface area (Å²) in [6.45, 7) is 1.94. The Morgan fingerprint density at radius 1 is 1.65 bits per heavy atom. The fourth-order valence-electron chi connectivity index (χ4n) is 2.70. The smallest absolute Gasteiger partial charge is 0.307 e. The summed E-state index contributed by atoms with van der Waals surface area (Å²) in [5.41, 5.74) is -1.26. The Kier molecular flexibility index (Phi) is 4.32. The average Bonchev–Trinajstić information content (AvgIpc) is 2.95. The van der Waals surface area contributed by atoms with E-state index in [-0.39, 0.29) is 31.3 Å². The molecule has 1 aromatic rings. The molecule has 6 heteroatoms. The summed E-state index contributed by atoms with van der Waals surface area (Å²) in [6, 6.07) is 1.76. The minimum atomic E-state index is -1.26. The van der Waals surface area contributed by atoms with E-state index in [1.165, 1.54) is 0 Å². The number of Topliss-reactive ketones (excluding diaryl/α,β-unsaturated/α-hetero) is 1. The number of aromatic nitrogens is 2. The molecule has 1 aliphatic carbocycles. The number of carbonyl (C=O) groups is 3. The van der Waals surface area contributed by atoms with Crippen molar-refractivity contribution in [3.63, 3.8) is 0 Å². The summed E-state index contributed by atoms with van der Waals surface area (Å²) in [5, 5.41) is 4.15. The highest BCUT2D eigenvalue weighted by molar-refractivity contribution is 6.01. The Labute approximate surface area is 117 Å². The predicted octanol–water partition coefficient (Wildman–Crippen LogP) is 1.32. The number of ether oxygens (including phenoxy) is 1. The standard InChI is InChI=1S/C14H18N2O4/c1-2-20-13(19)9-14(10-17)8-11(4-5-12(14)18)16-7-3-6-15-16/h3,6-7,10-11H,2,4-5,8-9H2,1H3. The van der Waals surface area contributed by atoms with Gasteiger partial charge >= 0.3 is 5.97 Å². The molecule has 2 unspecified atom stereocenters. The first-order valence-corrected chi connectivity index (χ1v) is 6.75. The summed E-state index contributed by atoms with van der Waals surface area (Å²) in [5.74, 6) is -0.682. The lowest BCUT2D eigenvalue weighted by atomic mass is 9.70. The van der Waals surface area contributed by atoms with Crippen LogP contribution in [0, 0.1) is 5.41 Å². The maximum absolute atomic E-state index is 12.1. The molecule has 20 heavy (non-hydrogen) atoms. The molecule has 2 atom stereocenters. The van der Waals surface area contributed by atoms with Crippen molar-refractivity contribution in [2.24, 2.45) is 5.41 Å². The van der Waals surface area contributed by atoms with Crippen molar-refractivity contribution in [1.82, 2.24) is 9.78 Å². The van der Waals surface area contributed by atoms with E-state index in [9.17, 15) is 14.4 Å². The number of ketones is 1. The maximum atomic E-state index is 12.1. The zero-order chi connectivity index (χ0) is 14.6. The Hall–Kier alpha value is -1.98. The van der Waals surface area contributed by atoms with E-state index in [0.717, 1.165) is 0 Å². The largest absolute Gasteiger partial charge is 0.466 e. The number of aldehydes is 1. The molecule has 0 radical (unpaired) electrons. The van der Waals surface area contributed by atoms with Crippen molar-refractivity contribution in [3.8, 4) is 0 Å². The molecule has 1 heterocycles. The molecule has 0 spiro atoms. The quantitative estimate of drug-likeness (QED) is 0.461. The lowest BCUT2D eigenvalue weighted by Crippen LogP contribution is -2.42. The van der Waals surface area contributed by atoms with Crippen molar-refractivity contribution in [2.45, 2.75) is 38.6 Å². The van der Waals surface area contributed by atoms with Gasteiger partial charge in [-0.2, -0.15) is 5.10 Å². The van der Waals surface area contributed by atoms with E-state index in [0.29, 0.717) is 19.1 Å². The highest BCUT2D eigenvalue weighted by atomic mass is 16.5. The first-order chi connectivity index (χ1) is 9.61. The summed E-state index contributed by atoms with van der Waals surface area (Å²) in [7, 11) is 0. The van der Waals surface area contributed by atoms with E-state index in [1.54, 1.807) is 30.1 Å². The number of esters is 1. The van der Waals surface area contributed by atoms with E-state index in [4.69, 9.17) is 4.74 Å². The minimum absolute atomic E-state index is 0.0395. The maximum Gasteiger partial charge on any atom is 0.307 e. The van der Waals surface area contributed by atoms with Crippen LogP contribution >= 0.6 is 0 Å². The number of nitrogens with zero attached hydrogens (tertiary/aromatic N) is 2. The van der Waals surface area contributed by atoms with Crippen LogP contribution in [0.15, 0.2) is 18.5 Å². The highest BCUT2D eigenvalue weighted by Gasteiger charge is 2.46. The summed E-state index contributed by atoms with van der Waals surface area (Å²) < 4.78 is 6.62. The van der Waals surface area contributed by atoms with Gasteiger partial charge in [-0.3, -0.25) is 14.3 Å². The molecule has 1 aliphatic rings. The monoisotopic (exact) mass is 278 g/mol. The molecule has 0 bridgehead atoms. The van der Waals surface area contributed by atoms with Crippen molar-refractivity contribution in [2.75, 3.05) is 6.61 Å². The van der Waals surface area contributed by atoms with Crippen LogP contribution in [0.4, 0.5) is 0 Å². The van der Waals surface area contributed by atoms with Crippen molar-refractivity contribution in [1.29, 1.82) is 0 Å². The minimum Gasteiger partial charge on any atom is -0.466 e. The Bertz CT molecular complexity index is 497. The van der Waals surface area contributed by atoms with E-state index in [2.05, 4.69) is 5.10 Å². The van der Waals surface area contributed by atoms with E-state index >= 15 is 0 Å². The molecule has 1 saturated carbocycles. The van der Waals surface area contributed by atoms with Crippen LogP contribution in [0.5, 0.6) is 0 Å². The van der Waals surface area contributed by atoms with Crippen LogP contribution < -0.4 is 0 Å². The van der Waals surface area contributed by atoms with Gasteiger partial charge < -0.3 is 9.53 Å². The first-order valence-electron chi connectivity index (χ1n) is 6.75. The van der Waals surface area contributed by atoms with Crippen LogP contribution in [0.3, 0.4) is 0 Å². The first kappa shape index (κ1) is 14.4. The Morgan fingerprint density at radius 2 is 2.45 bits per heavy atom. The molecule has 0 N–H and O–H groups in total. The third kappa shape index (κ3) is 2.79. The average molecular weight is 278 g/mol. The van der Waals surface area contributed by atoms with Gasteiger partial charge in [0.2, 0.25) is 0 Å². The third-order valence-corrected chi connectivity index (χ3v) is 3.75. The number of hydrogen-bond acceptors (Lipinski definition) is 5. The van der Waals surface area contributed by atoms with Gasteiger partial charge in [0, 0.05) is 18.8 Å². The lowest BCUT2D eigenvalue weighted by molar-refractivity contribution is -0.153. The molecule has 108 valence electrons. The van der Waals surface area contributed by atoms with Crippen molar-refractivity contribution in [3.05, 3.63) is 18.5 Å². The third-order valence-electron chi connectivity index (χ3n) is 3.75. The van der Waals surface area contributed by atoms with Crippen molar-refractivity contribution >= 4 is 18.0 Å². The fourth-order valence-corrected chi connectivity index (χ4v) is 2.70. The molecule has 0 saturated heterocycles. The molecular formula is C14H18N2O4. The zero-order valence-corrected chi connectivity index (χ0v) is 11.4. The predicted molar refractivity (Wildman–Crippen MR) is 69.9 cm³/mol. The van der Waals surface area contributed by atoms with Crippen LogP contribution in [-0.2, 0) is 19.1 Å². The second-order valence-electron chi connectivity index (χ2n) is 5.06. The van der Waals surface area contributed by atoms with Gasteiger partial charge in [0.1, 0.15) is 12.1 Å². The highest BCUT2D eigenvalue weighted by Crippen LogP contribution is 2.40. The molecule has 2 rings (SSSR count). The van der Waals surface area contributed by atoms with Crippen molar-refractivity contribution < 1.29 is 19.1 Å². The van der Waals surface area contributed by atoms with Crippen LogP contribution in [0.1, 0.15) is 38.6 Å². The molecule has 0 aromatic carbocycles. The number of hydrogen-bond donors (Lipinski definition) is 0. The van der Waals surface area contributed by atoms with Gasteiger partial charge in [-0.15, -0.1) is 0 Å². The van der Waals surface area contributed by atoms with Gasteiger partial charge in [0.25, 0.3) is 0 Å². The van der Waals surface area contributed by atoms with E-state index < -0.39 is 11.4 Å². The van der Waals surface area contributed by atoms with Gasteiger partial charge in [0.15, 0.2) is 0 Å². The molecular weight excluding hydrogens is 260 g/mol. The molecule has 1 aromatic heterocycles. The summed E-state index contributed by atoms with van der Waals surface area (Å²) in [6.07, 6.45) is 5.12. The fraction of sp³-hybridized carbons (Fsp3) is 0.571. The van der Waals surface area contributed by atoms with E-state index in [1.807, 2.05) is 0 Å². The second kappa shape index (κ2) is 5.98. The molecule has 1 fully saturated rings. The lowest BCUT2D eigenvalue weighted by Gasteiger charge is -2.34. The Morgan fingerprint density at radius 3 is 3.05 bits per heavy atom. The molecule has 0 aliphatic heterocycles. The number of rotatable bonds is 5. The SMILES string of the molecule is CCOC(=O)CC1(C=O)CC(n2cccn2)CCC1=O. The van der Waals surface area contributed by atoms with Gasteiger partial charge in [0.05, 0.1) is 24.5 Å². The van der Waals surface area contributed by atoms with Crippen LogP contribution in [-0.4, -0.2) is 34.4 Å². The normalized spacial score (nSPS) is 26.2. The summed E-state index contributed by atoms with van der Waals surface area (Å²) in [4.78, 5) is 35.3. The van der Waals surface area contributed by atoms with Crippen LogP contribution in [0.2, 0.25) is 0 Å².